The van der Waals surface area contributed by atoms with E-state index >= 15 is 0 Å². The first-order valence-electron chi connectivity index (χ1n) is 5.03. The van der Waals surface area contributed by atoms with Crippen molar-refractivity contribution in [3.05, 3.63) is 35.8 Å². The van der Waals surface area contributed by atoms with Gasteiger partial charge in [-0.05, 0) is 29.5 Å². The second kappa shape index (κ2) is 4.27. The van der Waals surface area contributed by atoms with Crippen molar-refractivity contribution in [2.45, 2.75) is 12.7 Å². The number of fused-ring (bicyclic) bond motifs is 1. The molecule has 1 aromatic heterocycles. The maximum atomic E-state index is 13.1. The Balaban J connectivity index is 2.49. The third kappa shape index (κ3) is 2.02. The molecule has 0 unspecified atom stereocenters. The van der Waals surface area contributed by atoms with Gasteiger partial charge in [0.15, 0.2) is 0 Å². The first-order chi connectivity index (χ1) is 7.22. The summed E-state index contributed by atoms with van der Waals surface area (Å²) < 4.78 is 15.2. The molecule has 0 N–H and O–H groups in total. The Bertz CT molecular complexity index is 476. The molecule has 0 saturated heterocycles. The van der Waals surface area contributed by atoms with Gasteiger partial charge in [-0.2, -0.15) is 11.8 Å². The highest BCUT2D eigenvalue weighted by Crippen LogP contribution is 2.25. The Morgan fingerprint density at radius 1 is 1.40 bits per heavy atom. The molecule has 1 aromatic carbocycles. The van der Waals surface area contributed by atoms with Crippen molar-refractivity contribution in [1.29, 1.82) is 0 Å². The van der Waals surface area contributed by atoms with E-state index in [0.717, 1.165) is 22.4 Å². The fourth-order valence-electron chi connectivity index (χ4n) is 1.77. The number of rotatable bonds is 3. The Kier molecular flexibility index (Phi) is 3.00. The van der Waals surface area contributed by atoms with E-state index in [4.69, 9.17) is 0 Å². The van der Waals surface area contributed by atoms with E-state index in [2.05, 4.69) is 17.7 Å². The number of benzene rings is 1. The first kappa shape index (κ1) is 10.6. The van der Waals surface area contributed by atoms with Gasteiger partial charge in [-0.1, -0.05) is 6.92 Å². The van der Waals surface area contributed by atoms with E-state index in [1.165, 1.54) is 11.6 Å². The maximum Gasteiger partial charge on any atom is 0.123 e. The molecule has 0 spiro atoms. The second-order valence-corrected chi connectivity index (χ2v) is 4.84. The molecule has 1 heterocycles. The Morgan fingerprint density at radius 3 is 2.93 bits per heavy atom. The summed E-state index contributed by atoms with van der Waals surface area (Å²) in [7, 11) is 2.00. The molecule has 80 valence electrons. The van der Waals surface area contributed by atoms with Crippen molar-refractivity contribution >= 4 is 22.7 Å². The van der Waals surface area contributed by atoms with E-state index in [1.807, 2.05) is 24.9 Å². The van der Waals surface area contributed by atoms with Crippen molar-refractivity contribution in [2.24, 2.45) is 7.05 Å². The molecule has 0 aliphatic heterocycles. The zero-order valence-corrected chi connectivity index (χ0v) is 9.77. The molecule has 1 nitrogen and oxygen atoms in total. The van der Waals surface area contributed by atoms with Crippen molar-refractivity contribution < 1.29 is 4.39 Å². The Hall–Kier alpha value is -0.960. The zero-order valence-electron chi connectivity index (χ0n) is 8.96. The lowest BCUT2D eigenvalue weighted by Crippen LogP contribution is -1.83. The number of aryl methyl sites for hydroxylation is 1. The zero-order chi connectivity index (χ0) is 10.8. The molecule has 15 heavy (non-hydrogen) atoms. The van der Waals surface area contributed by atoms with E-state index in [1.54, 1.807) is 6.07 Å². The summed E-state index contributed by atoms with van der Waals surface area (Å²) >= 11 is 1.86. The van der Waals surface area contributed by atoms with Crippen molar-refractivity contribution in [1.82, 2.24) is 4.57 Å². The molecule has 2 rings (SSSR count). The largest absolute Gasteiger partial charge is 0.350 e. The molecule has 0 amide bonds. The molecule has 0 bridgehead atoms. The van der Waals surface area contributed by atoms with Gasteiger partial charge in [0.05, 0.1) is 0 Å². The van der Waals surface area contributed by atoms with E-state index in [-0.39, 0.29) is 5.82 Å². The van der Waals surface area contributed by atoms with Crippen LogP contribution in [0.5, 0.6) is 0 Å². The van der Waals surface area contributed by atoms with Crippen LogP contribution >= 0.6 is 11.8 Å². The van der Waals surface area contributed by atoms with Crippen LogP contribution in [0.3, 0.4) is 0 Å². The normalized spacial score (nSPS) is 11.1. The average Bonchev–Trinajstić information content (AvgIpc) is 2.52. The molecule has 0 saturated carbocycles. The second-order valence-electron chi connectivity index (χ2n) is 3.56. The highest BCUT2D eigenvalue weighted by molar-refractivity contribution is 7.98. The van der Waals surface area contributed by atoms with Gasteiger partial charge in [-0.3, -0.25) is 0 Å². The van der Waals surface area contributed by atoms with Crippen LogP contribution in [0.1, 0.15) is 12.5 Å². The van der Waals surface area contributed by atoms with Gasteiger partial charge in [-0.15, -0.1) is 0 Å². The van der Waals surface area contributed by atoms with E-state index in [9.17, 15) is 4.39 Å². The average molecular weight is 223 g/mol. The Morgan fingerprint density at radius 2 is 2.20 bits per heavy atom. The van der Waals surface area contributed by atoms with E-state index < -0.39 is 0 Å². The summed E-state index contributed by atoms with van der Waals surface area (Å²) in [4.78, 5) is 0. The number of halogens is 1. The minimum Gasteiger partial charge on any atom is -0.350 e. The third-order valence-electron chi connectivity index (χ3n) is 2.50. The van der Waals surface area contributed by atoms with Gasteiger partial charge in [0.25, 0.3) is 0 Å². The van der Waals surface area contributed by atoms with Gasteiger partial charge in [0.2, 0.25) is 0 Å². The van der Waals surface area contributed by atoms with Gasteiger partial charge in [-0.25, -0.2) is 4.39 Å². The van der Waals surface area contributed by atoms with Crippen LogP contribution in [0, 0.1) is 5.82 Å². The van der Waals surface area contributed by atoms with Crippen LogP contribution in [0.15, 0.2) is 24.4 Å². The number of hydrogen-bond acceptors (Lipinski definition) is 1. The Labute approximate surface area is 93.3 Å². The number of hydrogen-bond donors (Lipinski definition) is 0. The predicted molar refractivity (Wildman–Crippen MR) is 64.7 cm³/mol. The minimum atomic E-state index is -0.156. The molecule has 0 atom stereocenters. The maximum absolute atomic E-state index is 13.1. The van der Waals surface area contributed by atoms with Crippen LogP contribution < -0.4 is 0 Å². The molecule has 0 fully saturated rings. The molecule has 0 radical (unpaired) electrons. The van der Waals surface area contributed by atoms with Gasteiger partial charge < -0.3 is 4.57 Å². The van der Waals surface area contributed by atoms with Crippen LogP contribution in [0.2, 0.25) is 0 Å². The minimum absolute atomic E-state index is 0.156. The number of aromatic nitrogens is 1. The highest BCUT2D eigenvalue weighted by Gasteiger charge is 2.06. The lowest BCUT2D eigenvalue weighted by atomic mass is 10.2. The predicted octanol–water partition coefficient (Wildman–Crippen LogP) is 3.57. The van der Waals surface area contributed by atoms with Crippen molar-refractivity contribution in [2.75, 3.05) is 5.75 Å². The van der Waals surface area contributed by atoms with Crippen molar-refractivity contribution in [3.8, 4) is 0 Å². The molecule has 0 aliphatic carbocycles. The summed E-state index contributed by atoms with van der Waals surface area (Å²) in [6.07, 6.45) is 2.09. The topological polar surface area (TPSA) is 4.93 Å². The quantitative estimate of drug-likeness (QED) is 0.770. The molecule has 3 heteroatoms. The summed E-state index contributed by atoms with van der Waals surface area (Å²) in [6.45, 7) is 2.14. The van der Waals surface area contributed by atoms with Crippen molar-refractivity contribution in [3.63, 3.8) is 0 Å². The van der Waals surface area contributed by atoms with Gasteiger partial charge >= 0.3 is 0 Å². The molecular formula is C12H14FNS. The SMILES string of the molecule is CCSCc1cn(C)c2ccc(F)cc12. The fourth-order valence-corrected chi connectivity index (χ4v) is 2.43. The fraction of sp³-hybridized carbons (Fsp3) is 0.333. The third-order valence-corrected chi connectivity index (χ3v) is 3.42. The lowest BCUT2D eigenvalue weighted by molar-refractivity contribution is 0.629. The van der Waals surface area contributed by atoms with Crippen LogP contribution in [-0.4, -0.2) is 10.3 Å². The van der Waals surface area contributed by atoms with Crippen LogP contribution in [0.4, 0.5) is 4.39 Å². The first-order valence-corrected chi connectivity index (χ1v) is 6.19. The monoisotopic (exact) mass is 223 g/mol. The summed E-state index contributed by atoms with van der Waals surface area (Å²) in [5, 5.41) is 1.04. The van der Waals surface area contributed by atoms with E-state index in [0.29, 0.717) is 0 Å². The van der Waals surface area contributed by atoms with Crippen LogP contribution in [-0.2, 0) is 12.8 Å². The van der Waals surface area contributed by atoms with Gasteiger partial charge in [0, 0.05) is 29.9 Å². The summed E-state index contributed by atoms with van der Waals surface area (Å²) in [5.41, 5.74) is 2.32. The van der Waals surface area contributed by atoms with Crippen LogP contribution in [0.25, 0.3) is 10.9 Å². The molecular weight excluding hydrogens is 209 g/mol. The summed E-state index contributed by atoms with van der Waals surface area (Å²) in [6, 6.07) is 4.98. The lowest BCUT2D eigenvalue weighted by Gasteiger charge is -1.97. The molecule has 0 aliphatic rings. The number of thioether (sulfide) groups is 1. The standard InChI is InChI=1S/C12H14FNS/c1-3-15-8-9-7-14(2)12-5-4-10(13)6-11(9)12/h4-7H,3,8H2,1-2H3. The van der Waals surface area contributed by atoms with Gasteiger partial charge in [0.1, 0.15) is 5.82 Å². The number of nitrogens with zero attached hydrogens (tertiary/aromatic N) is 1. The smallest absolute Gasteiger partial charge is 0.123 e. The highest BCUT2D eigenvalue weighted by atomic mass is 32.2. The summed E-state index contributed by atoms with van der Waals surface area (Å²) in [5.74, 6) is 1.89. The molecule has 2 aromatic rings.